The van der Waals surface area contributed by atoms with Crippen molar-refractivity contribution in [2.24, 2.45) is 0 Å². The third-order valence-electron chi connectivity index (χ3n) is 6.85. The molecule has 8 nitrogen and oxygen atoms in total. The number of piperazine rings is 1. The van der Waals surface area contributed by atoms with Crippen molar-refractivity contribution in [3.05, 3.63) is 53.6 Å². The van der Waals surface area contributed by atoms with Crippen molar-refractivity contribution in [3.8, 4) is 0 Å². The van der Waals surface area contributed by atoms with E-state index in [1.165, 1.54) is 12.1 Å². The number of likely N-dealkylation sites (tertiary alicyclic amines) is 1. The third kappa shape index (κ3) is 5.54. The first-order valence-electron chi connectivity index (χ1n) is 11.9. The molecule has 1 amide bonds. The number of rotatable bonds is 4. The van der Waals surface area contributed by atoms with Gasteiger partial charge in [0.2, 0.25) is 5.95 Å². The van der Waals surface area contributed by atoms with Crippen LogP contribution in [0.25, 0.3) is 0 Å². The van der Waals surface area contributed by atoms with Crippen molar-refractivity contribution in [2.45, 2.75) is 43.8 Å². The van der Waals surface area contributed by atoms with Gasteiger partial charge in [-0.05, 0) is 30.5 Å². The Balaban J connectivity index is 1.14. The normalized spacial score (nSPS) is 23.6. The van der Waals surface area contributed by atoms with E-state index in [1.54, 1.807) is 17.0 Å². The Morgan fingerprint density at radius 2 is 1.64 bits per heavy atom. The van der Waals surface area contributed by atoms with Crippen LogP contribution in [0.4, 0.5) is 28.3 Å². The molecule has 3 aliphatic heterocycles. The van der Waals surface area contributed by atoms with Crippen molar-refractivity contribution in [1.29, 1.82) is 0 Å². The molecule has 0 N–H and O–H groups in total. The molecule has 3 fully saturated rings. The molecule has 36 heavy (non-hydrogen) atoms. The molecule has 2 aromatic rings. The number of aromatic nitrogens is 2. The second-order valence-corrected chi connectivity index (χ2v) is 9.41. The van der Waals surface area contributed by atoms with Gasteiger partial charge in [-0.25, -0.2) is 19.2 Å². The number of amides is 1. The van der Waals surface area contributed by atoms with Crippen LogP contribution in [0.5, 0.6) is 0 Å². The molecule has 3 saturated heterocycles. The second-order valence-electron chi connectivity index (χ2n) is 9.41. The zero-order chi connectivity index (χ0) is 25.3. The molecule has 12 heteroatoms. The van der Waals surface area contributed by atoms with E-state index in [2.05, 4.69) is 14.9 Å². The van der Waals surface area contributed by atoms with Crippen molar-refractivity contribution in [2.75, 3.05) is 44.3 Å². The number of piperidine rings is 1. The van der Waals surface area contributed by atoms with E-state index in [9.17, 15) is 22.4 Å². The Morgan fingerprint density at radius 1 is 1.03 bits per heavy atom. The summed E-state index contributed by atoms with van der Waals surface area (Å²) in [5.74, 6) is -0.0596. The molecular formula is C24H27F4N5O3. The monoisotopic (exact) mass is 509 g/mol. The van der Waals surface area contributed by atoms with Crippen LogP contribution in [0.15, 0.2) is 36.7 Å². The summed E-state index contributed by atoms with van der Waals surface area (Å²) in [5.41, 5.74) is 0.133. The molecule has 2 unspecified atom stereocenters. The van der Waals surface area contributed by atoms with Gasteiger partial charge >= 0.3 is 12.3 Å². The topological polar surface area (TPSA) is 71.0 Å². The SMILES string of the molecule is O=C(OC1CCN(Cc2ccc(F)cc2)CC1)N1CC2COCC(C1)N2c1ncc(C(F)(F)F)cn1. The second kappa shape index (κ2) is 10.2. The summed E-state index contributed by atoms with van der Waals surface area (Å²) in [6.45, 7) is 3.50. The number of alkyl halides is 3. The molecule has 4 heterocycles. The van der Waals surface area contributed by atoms with Crippen LogP contribution >= 0.6 is 0 Å². The van der Waals surface area contributed by atoms with Crippen LogP contribution in [0, 0.1) is 5.82 Å². The van der Waals surface area contributed by atoms with Gasteiger partial charge in [0, 0.05) is 45.1 Å². The molecular weight excluding hydrogens is 482 g/mol. The van der Waals surface area contributed by atoms with Gasteiger partial charge < -0.3 is 19.3 Å². The number of hydrogen-bond acceptors (Lipinski definition) is 7. The minimum Gasteiger partial charge on any atom is -0.446 e. The third-order valence-corrected chi connectivity index (χ3v) is 6.85. The van der Waals surface area contributed by atoms with Crippen LogP contribution in [-0.4, -0.2) is 83.4 Å². The Labute approximate surface area is 205 Å². The Hall–Kier alpha value is -2.99. The highest BCUT2D eigenvalue weighted by molar-refractivity contribution is 5.68. The summed E-state index contributed by atoms with van der Waals surface area (Å²) in [5, 5.41) is 0. The first-order chi connectivity index (χ1) is 17.3. The zero-order valence-electron chi connectivity index (χ0n) is 19.5. The van der Waals surface area contributed by atoms with Crippen LogP contribution in [-0.2, 0) is 22.2 Å². The number of ether oxygens (including phenoxy) is 2. The van der Waals surface area contributed by atoms with Crippen LogP contribution in [0.3, 0.4) is 0 Å². The highest BCUT2D eigenvalue weighted by Crippen LogP contribution is 2.31. The summed E-state index contributed by atoms with van der Waals surface area (Å²) in [7, 11) is 0. The number of fused-ring (bicyclic) bond motifs is 2. The molecule has 2 bridgehead atoms. The molecule has 0 saturated carbocycles. The minimum absolute atomic E-state index is 0.186. The van der Waals surface area contributed by atoms with Crippen LogP contribution in [0.2, 0.25) is 0 Å². The lowest BCUT2D eigenvalue weighted by atomic mass is 10.1. The predicted octanol–water partition coefficient (Wildman–Crippen LogP) is 3.33. The van der Waals surface area contributed by atoms with Gasteiger partial charge in [-0.3, -0.25) is 4.90 Å². The Kier molecular flexibility index (Phi) is 6.98. The Bertz CT molecular complexity index is 1030. The maximum Gasteiger partial charge on any atom is 0.419 e. The van der Waals surface area contributed by atoms with Gasteiger partial charge in [0.1, 0.15) is 11.9 Å². The first-order valence-corrected chi connectivity index (χ1v) is 11.9. The van der Waals surface area contributed by atoms with Crippen molar-refractivity contribution >= 4 is 12.0 Å². The number of morpholine rings is 1. The molecule has 2 atom stereocenters. The fraction of sp³-hybridized carbons (Fsp3) is 0.542. The highest BCUT2D eigenvalue weighted by atomic mass is 19.4. The minimum atomic E-state index is -4.50. The van der Waals surface area contributed by atoms with E-state index >= 15 is 0 Å². The van der Waals surface area contributed by atoms with Gasteiger partial charge in [0.05, 0.1) is 30.9 Å². The van der Waals surface area contributed by atoms with E-state index < -0.39 is 17.8 Å². The number of nitrogens with zero attached hydrogens (tertiary/aromatic N) is 5. The summed E-state index contributed by atoms with van der Waals surface area (Å²) in [4.78, 5) is 26.6. The molecule has 194 valence electrons. The molecule has 0 radical (unpaired) electrons. The van der Waals surface area contributed by atoms with Crippen molar-refractivity contribution < 1.29 is 31.8 Å². The number of benzene rings is 1. The van der Waals surface area contributed by atoms with Gasteiger partial charge in [0.25, 0.3) is 0 Å². The van der Waals surface area contributed by atoms with Gasteiger partial charge in [-0.15, -0.1) is 0 Å². The summed E-state index contributed by atoms with van der Waals surface area (Å²) < 4.78 is 63.2. The fourth-order valence-electron chi connectivity index (χ4n) is 4.99. The van der Waals surface area contributed by atoms with Crippen molar-refractivity contribution in [3.63, 3.8) is 0 Å². The van der Waals surface area contributed by atoms with Crippen LogP contribution in [0.1, 0.15) is 24.0 Å². The first kappa shape index (κ1) is 24.7. The van der Waals surface area contributed by atoms with Crippen LogP contribution < -0.4 is 4.90 Å². The predicted molar refractivity (Wildman–Crippen MR) is 121 cm³/mol. The number of carbonyl (C=O) groups excluding carboxylic acids is 1. The maximum absolute atomic E-state index is 13.1. The van der Waals surface area contributed by atoms with Gasteiger partial charge in [0.15, 0.2) is 0 Å². The standard InChI is InChI=1S/C24H27F4N5O3/c25-18-3-1-16(2-4-18)11-31-7-5-21(6-8-31)36-23(34)32-12-19-14-35-15-20(13-32)33(19)22-29-9-17(10-30-22)24(26,27)28/h1-4,9-10,19-21H,5-8,11-15H2. The van der Waals surface area contributed by atoms with Crippen molar-refractivity contribution in [1.82, 2.24) is 19.8 Å². The maximum atomic E-state index is 13.1. The number of hydrogen-bond donors (Lipinski definition) is 0. The number of anilines is 1. The van der Waals surface area contributed by atoms with E-state index in [0.29, 0.717) is 39.1 Å². The molecule has 1 aromatic carbocycles. The van der Waals surface area contributed by atoms with E-state index in [4.69, 9.17) is 9.47 Å². The smallest absolute Gasteiger partial charge is 0.419 e. The quantitative estimate of drug-likeness (QED) is 0.586. The molecule has 1 aromatic heterocycles. The summed E-state index contributed by atoms with van der Waals surface area (Å²) in [6.07, 6.45) is -2.10. The summed E-state index contributed by atoms with van der Waals surface area (Å²) >= 11 is 0. The molecule has 0 spiro atoms. The Morgan fingerprint density at radius 3 is 2.22 bits per heavy atom. The number of halogens is 4. The fourth-order valence-corrected chi connectivity index (χ4v) is 4.99. The van der Waals surface area contributed by atoms with E-state index in [-0.39, 0.29) is 30.0 Å². The van der Waals surface area contributed by atoms with E-state index in [0.717, 1.165) is 37.6 Å². The lowest BCUT2D eigenvalue weighted by Crippen LogP contribution is -2.66. The van der Waals surface area contributed by atoms with E-state index in [1.807, 2.05) is 4.90 Å². The van der Waals surface area contributed by atoms with Gasteiger partial charge in [-0.1, -0.05) is 12.1 Å². The van der Waals surface area contributed by atoms with Gasteiger partial charge in [-0.2, -0.15) is 13.2 Å². The lowest BCUT2D eigenvalue weighted by Gasteiger charge is -2.49. The highest BCUT2D eigenvalue weighted by Gasteiger charge is 2.42. The average Bonchev–Trinajstić information content (AvgIpc) is 2.85. The molecule has 0 aliphatic carbocycles. The largest absolute Gasteiger partial charge is 0.446 e. The molecule has 5 rings (SSSR count). The summed E-state index contributed by atoms with van der Waals surface area (Å²) in [6, 6.07) is 5.90. The number of carbonyl (C=O) groups is 1. The lowest BCUT2D eigenvalue weighted by molar-refractivity contribution is -0.138. The molecule has 3 aliphatic rings. The zero-order valence-corrected chi connectivity index (χ0v) is 19.5. The average molecular weight is 510 g/mol.